The zero-order valence-corrected chi connectivity index (χ0v) is 5.40. The van der Waals surface area contributed by atoms with Gasteiger partial charge in [-0.05, 0) is 0 Å². The molecule has 0 saturated carbocycles. The molecule has 0 spiro atoms. The molecule has 0 atom stereocenters. The lowest BCUT2D eigenvalue weighted by Crippen LogP contribution is -2.46. The van der Waals surface area contributed by atoms with E-state index in [0.717, 1.165) is 12.2 Å². The monoisotopic (exact) mass is 155 g/mol. The second kappa shape index (κ2) is 2.51. The summed E-state index contributed by atoms with van der Waals surface area (Å²) in [4.78, 5) is 32.4. The van der Waals surface area contributed by atoms with Crippen LogP contribution in [0.2, 0.25) is 0 Å². The van der Waals surface area contributed by atoms with Crippen molar-refractivity contribution in [2.45, 2.75) is 0 Å². The van der Waals surface area contributed by atoms with Crippen LogP contribution in [0, 0.1) is 0 Å². The molecule has 0 unspecified atom stereocenters. The summed E-state index contributed by atoms with van der Waals surface area (Å²) in [6.45, 7) is 0. The van der Waals surface area contributed by atoms with Gasteiger partial charge in [-0.2, -0.15) is 4.90 Å². The molecule has 0 aliphatic carbocycles. The summed E-state index contributed by atoms with van der Waals surface area (Å²) >= 11 is 0. The van der Waals surface area contributed by atoms with E-state index < -0.39 is 17.8 Å². The third-order valence-corrected chi connectivity index (χ3v) is 1.14. The van der Waals surface area contributed by atoms with Gasteiger partial charge >= 0.3 is 6.03 Å². The smallest absolute Gasteiger partial charge is 0.275 e. The Hall–Kier alpha value is -1.69. The predicted molar refractivity (Wildman–Crippen MR) is 33.7 cm³/mol. The molecule has 0 aromatic heterocycles. The van der Waals surface area contributed by atoms with Crippen LogP contribution in [0.1, 0.15) is 0 Å². The highest BCUT2D eigenvalue weighted by Gasteiger charge is 2.29. The van der Waals surface area contributed by atoms with Crippen LogP contribution in [0.4, 0.5) is 4.79 Å². The number of urea groups is 1. The number of nitrogens with one attached hydrogen (secondary N) is 1. The van der Waals surface area contributed by atoms with Crippen LogP contribution in [0.3, 0.4) is 0 Å². The maximum absolute atomic E-state index is 10.7. The Balaban J connectivity index is 2.82. The van der Waals surface area contributed by atoms with Crippen molar-refractivity contribution in [1.82, 2.24) is 10.3 Å². The first-order valence-corrected chi connectivity index (χ1v) is 2.73. The highest BCUT2D eigenvalue weighted by Crippen LogP contribution is 2.02. The van der Waals surface area contributed by atoms with Gasteiger partial charge in [-0.1, -0.05) is 0 Å². The largest absolute Gasteiger partial charge is 0.345 e. The number of nitrogens with zero attached hydrogens (tertiary/aromatic N) is 1. The fourth-order valence-electron chi connectivity index (χ4n) is 0.665. The van der Waals surface area contributed by atoms with Crippen molar-refractivity contribution >= 4 is 17.8 Å². The van der Waals surface area contributed by atoms with E-state index in [9.17, 15) is 14.4 Å². The first kappa shape index (κ1) is 7.42. The quantitative estimate of drug-likeness (QED) is 0.192. The van der Waals surface area contributed by atoms with E-state index in [-0.39, 0.29) is 0 Å². The molecule has 0 radical (unpaired) electrons. The Morgan fingerprint density at radius 2 is 1.82 bits per heavy atom. The van der Waals surface area contributed by atoms with Gasteiger partial charge in [-0.3, -0.25) is 15.0 Å². The Bertz CT molecular complexity index is 240. The fraction of sp³-hybridized carbons (Fsp3) is 0. The second-order valence-electron chi connectivity index (χ2n) is 1.79. The van der Waals surface area contributed by atoms with Gasteiger partial charge in [0.25, 0.3) is 11.8 Å². The number of amides is 4. The molecule has 3 N–H and O–H groups in total. The number of carbonyl (C=O) groups excluding carboxylic acids is 3. The van der Waals surface area contributed by atoms with Crippen molar-refractivity contribution in [3.05, 3.63) is 12.2 Å². The molecule has 4 amide bonds. The third-order valence-electron chi connectivity index (χ3n) is 1.14. The number of imide groups is 3. The molecule has 1 aliphatic rings. The molecule has 0 saturated heterocycles. The van der Waals surface area contributed by atoms with E-state index in [2.05, 4.69) is 0 Å². The standard InChI is InChI=1S/C5H5N3O3/c6-7-5(11)8-3(9)1-2-4(8)10/h1-2H,6H2,(H,7,11). The van der Waals surface area contributed by atoms with Crippen LogP contribution in [-0.4, -0.2) is 22.7 Å². The molecule has 6 nitrogen and oxygen atoms in total. The molecule has 0 aromatic rings. The van der Waals surface area contributed by atoms with Crippen LogP contribution in [0.5, 0.6) is 0 Å². The molecule has 0 bridgehead atoms. The number of rotatable bonds is 0. The maximum atomic E-state index is 10.7. The van der Waals surface area contributed by atoms with E-state index in [1.165, 1.54) is 0 Å². The van der Waals surface area contributed by atoms with Gasteiger partial charge in [0, 0.05) is 12.2 Å². The summed E-state index contributed by atoms with van der Waals surface area (Å²) in [6.07, 6.45) is 2.00. The SMILES string of the molecule is NNC(=O)N1C(=O)C=CC1=O. The number of hydrogen-bond donors (Lipinski definition) is 2. The normalized spacial score (nSPS) is 15.9. The van der Waals surface area contributed by atoms with Gasteiger partial charge in [0.05, 0.1) is 0 Å². The van der Waals surface area contributed by atoms with E-state index in [4.69, 9.17) is 5.84 Å². The minimum absolute atomic E-state index is 0.403. The molecular formula is C5H5N3O3. The van der Waals surface area contributed by atoms with Gasteiger partial charge in [-0.25, -0.2) is 10.6 Å². The number of carbonyl (C=O) groups is 3. The average Bonchev–Trinajstić information content (AvgIpc) is 2.30. The van der Waals surface area contributed by atoms with Crippen molar-refractivity contribution in [2.24, 2.45) is 5.84 Å². The van der Waals surface area contributed by atoms with Crippen molar-refractivity contribution in [3.63, 3.8) is 0 Å². The molecule has 1 heterocycles. The van der Waals surface area contributed by atoms with E-state index in [1.807, 2.05) is 0 Å². The van der Waals surface area contributed by atoms with Crippen molar-refractivity contribution in [1.29, 1.82) is 0 Å². The minimum atomic E-state index is -0.926. The summed E-state index contributed by atoms with van der Waals surface area (Å²) in [7, 11) is 0. The van der Waals surface area contributed by atoms with Crippen molar-refractivity contribution in [2.75, 3.05) is 0 Å². The number of hydrogen-bond acceptors (Lipinski definition) is 4. The molecule has 0 aromatic carbocycles. The lowest BCUT2D eigenvalue weighted by molar-refractivity contribution is -0.133. The first-order chi connectivity index (χ1) is 5.16. The van der Waals surface area contributed by atoms with E-state index in [0.29, 0.717) is 4.90 Å². The van der Waals surface area contributed by atoms with Gasteiger partial charge in [0.2, 0.25) is 0 Å². The molecule has 58 valence electrons. The molecule has 6 heteroatoms. The summed E-state index contributed by atoms with van der Waals surface area (Å²) in [5, 5.41) is 0. The Morgan fingerprint density at radius 1 is 1.36 bits per heavy atom. The molecule has 0 fully saturated rings. The van der Waals surface area contributed by atoms with Gasteiger partial charge in [0.15, 0.2) is 0 Å². The van der Waals surface area contributed by atoms with Crippen LogP contribution in [0.25, 0.3) is 0 Å². The topological polar surface area (TPSA) is 92.5 Å². The molecule has 1 aliphatic heterocycles. The number of nitrogens with two attached hydrogens (primary N) is 1. The Morgan fingerprint density at radius 3 is 2.18 bits per heavy atom. The number of hydrazine groups is 1. The highest BCUT2D eigenvalue weighted by molar-refractivity contribution is 6.22. The van der Waals surface area contributed by atoms with E-state index >= 15 is 0 Å². The Kier molecular flexibility index (Phi) is 1.69. The fourth-order valence-corrected chi connectivity index (χ4v) is 0.665. The van der Waals surface area contributed by atoms with Gasteiger partial charge in [0.1, 0.15) is 0 Å². The summed E-state index contributed by atoms with van der Waals surface area (Å²) in [6, 6.07) is -0.926. The lowest BCUT2D eigenvalue weighted by atomic mass is 10.6. The maximum Gasteiger partial charge on any atom is 0.345 e. The molecule has 11 heavy (non-hydrogen) atoms. The van der Waals surface area contributed by atoms with Crippen LogP contribution >= 0.6 is 0 Å². The first-order valence-electron chi connectivity index (χ1n) is 2.73. The average molecular weight is 155 g/mol. The highest BCUT2D eigenvalue weighted by atomic mass is 16.2. The summed E-state index contributed by atoms with van der Waals surface area (Å²) in [5.74, 6) is 3.34. The van der Waals surface area contributed by atoms with Crippen LogP contribution in [0.15, 0.2) is 12.2 Å². The van der Waals surface area contributed by atoms with E-state index in [1.54, 1.807) is 5.43 Å². The second-order valence-corrected chi connectivity index (χ2v) is 1.79. The molecule has 1 rings (SSSR count). The van der Waals surface area contributed by atoms with Gasteiger partial charge in [-0.15, -0.1) is 0 Å². The lowest BCUT2D eigenvalue weighted by Gasteiger charge is -2.09. The van der Waals surface area contributed by atoms with Crippen molar-refractivity contribution in [3.8, 4) is 0 Å². The third kappa shape index (κ3) is 1.10. The zero-order chi connectivity index (χ0) is 8.43. The molecular weight excluding hydrogens is 150 g/mol. The predicted octanol–water partition coefficient (Wildman–Crippen LogP) is -1.51. The van der Waals surface area contributed by atoms with Gasteiger partial charge < -0.3 is 0 Å². The van der Waals surface area contributed by atoms with Crippen LogP contribution in [-0.2, 0) is 9.59 Å². The van der Waals surface area contributed by atoms with Crippen molar-refractivity contribution < 1.29 is 14.4 Å². The zero-order valence-electron chi connectivity index (χ0n) is 5.40. The Labute approximate surface area is 61.6 Å². The summed E-state index contributed by atoms with van der Waals surface area (Å²) in [5.41, 5.74) is 1.67. The van der Waals surface area contributed by atoms with Crippen LogP contribution < -0.4 is 11.3 Å². The summed E-state index contributed by atoms with van der Waals surface area (Å²) < 4.78 is 0. The minimum Gasteiger partial charge on any atom is -0.275 e.